The number of aromatic nitrogens is 1. The topological polar surface area (TPSA) is 74.8 Å². The fraction of sp³-hybridized carbons (Fsp3) is 0.452. The Morgan fingerprint density at radius 2 is 1.49 bits per heavy atom. The third-order valence-electron chi connectivity index (χ3n) is 8.34. The Hall–Kier alpha value is -2.79. The van der Waals surface area contributed by atoms with Gasteiger partial charge in [0.25, 0.3) is 0 Å². The molecule has 10 heteroatoms. The molecule has 4 rings (SSSR count). The number of anilines is 1. The molecule has 0 amide bonds. The maximum atomic E-state index is 6.46. The molecule has 2 aromatic carbocycles. The molecule has 218 valence electrons. The van der Waals surface area contributed by atoms with Crippen molar-refractivity contribution in [3.63, 3.8) is 0 Å². The summed E-state index contributed by atoms with van der Waals surface area (Å²) in [6.07, 6.45) is 0.899. The molecular formula is C31H42N6OS2Si. The van der Waals surface area contributed by atoms with Gasteiger partial charge < -0.3 is 9.33 Å². The lowest BCUT2D eigenvalue weighted by Gasteiger charge is -2.42. The van der Waals surface area contributed by atoms with Crippen LogP contribution in [0, 0.1) is 5.92 Å². The van der Waals surface area contributed by atoms with Gasteiger partial charge in [0.1, 0.15) is 9.83 Å². The van der Waals surface area contributed by atoms with Crippen molar-refractivity contribution < 1.29 is 4.43 Å². The Morgan fingerprint density at radius 1 is 0.878 bits per heavy atom. The summed E-state index contributed by atoms with van der Waals surface area (Å²) >= 11 is 3.02. The molecule has 2 heterocycles. The highest BCUT2D eigenvalue weighted by atomic mass is 32.1. The first-order valence-electron chi connectivity index (χ1n) is 14.3. The lowest BCUT2D eigenvalue weighted by molar-refractivity contribution is 0.270. The van der Waals surface area contributed by atoms with Crippen LogP contribution in [-0.2, 0) is 10.8 Å². The fourth-order valence-corrected chi connectivity index (χ4v) is 8.59. The van der Waals surface area contributed by atoms with E-state index < -0.39 is 8.32 Å². The van der Waals surface area contributed by atoms with Crippen molar-refractivity contribution in [2.24, 2.45) is 26.4 Å². The third kappa shape index (κ3) is 7.74. The first kappa shape index (κ1) is 31.1. The molecule has 7 nitrogen and oxygen atoms in total. The van der Waals surface area contributed by atoms with Crippen molar-refractivity contribution in [3.05, 3.63) is 60.2 Å². The molecule has 0 fully saturated rings. The van der Waals surface area contributed by atoms with Gasteiger partial charge in [-0.3, -0.25) is 0 Å². The Labute approximate surface area is 253 Å². The zero-order valence-corrected chi connectivity index (χ0v) is 28.1. The van der Waals surface area contributed by atoms with E-state index in [1.807, 2.05) is 30.3 Å². The van der Waals surface area contributed by atoms with E-state index >= 15 is 0 Å². The number of hydrogen-bond acceptors (Lipinski definition) is 9. The number of thiazole rings is 1. The van der Waals surface area contributed by atoms with Crippen LogP contribution in [0.25, 0.3) is 9.53 Å². The second kappa shape index (κ2) is 13.5. The number of fused-ring (bicyclic) bond motifs is 1. The van der Waals surface area contributed by atoms with Gasteiger partial charge in [-0.05, 0) is 92.3 Å². The van der Waals surface area contributed by atoms with Crippen LogP contribution in [0.5, 0.6) is 0 Å². The monoisotopic (exact) mass is 606 g/mol. The maximum absolute atomic E-state index is 6.46. The molecule has 41 heavy (non-hydrogen) atoms. The summed E-state index contributed by atoms with van der Waals surface area (Å²) in [6, 6.07) is 18.4. The minimum atomic E-state index is -1.80. The second-order valence-electron chi connectivity index (χ2n) is 11.5. The number of nitrogens with zero attached hydrogens (tertiary/aromatic N) is 6. The van der Waals surface area contributed by atoms with Gasteiger partial charge in [0, 0.05) is 25.4 Å². The maximum Gasteiger partial charge on any atom is 0.231 e. The standard InChI is InChI=1S/C31H42N6OS2Si/c1-9-37(10-2)26-17-15-25(16-18-26)34-36-30-32-29-27(39-30)21-28(40-29)35-33-24-13-11-23(12-14-24)19-20-38-41(7,8)31(5,6)22(3)4/h11-18,21-22H,9-10,19-20H2,1-8H3. The van der Waals surface area contributed by atoms with Crippen LogP contribution in [0.4, 0.5) is 27.2 Å². The number of hydrogen-bond donors (Lipinski definition) is 0. The predicted octanol–water partition coefficient (Wildman–Crippen LogP) is 11.2. The largest absolute Gasteiger partial charge is 0.416 e. The summed E-state index contributed by atoms with van der Waals surface area (Å²) in [6.45, 7) is 21.0. The highest BCUT2D eigenvalue weighted by Crippen LogP contribution is 2.44. The van der Waals surface area contributed by atoms with Crippen molar-refractivity contribution in [2.75, 3.05) is 24.6 Å². The molecule has 0 atom stereocenters. The lowest BCUT2D eigenvalue weighted by atomic mass is 9.99. The summed E-state index contributed by atoms with van der Waals surface area (Å²) < 4.78 is 7.50. The average molecular weight is 607 g/mol. The van der Waals surface area contributed by atoms with Gasteiger partial charge in [-0.25, -0.2) is 4.98 Å². The Balaban J connectivity index is 1.31. The zero-order chi connectivity index (χ0) is 29.6. The Kier molecular flexibility index (Phi) is 10.2. The van der Waals surface area contributed by atoms with Crippen molar-refractivity contribution >= 4 is 67.7 Å². The van der Waals surface area contributed by atoms with E-state index in [2.05, 4.69) is 109 Å². The van der Waals surface area contributed by atoms with E-state index in [-0.39, 0.29) is 5.04 Å². The lowest BCUT2D eigenvalue weighted by Crippen LogP contribution is -2.45. The fourth-order valence-electron chi connectivity index (χ4n) is 4.36. The summed E-state index contributed by atoms with van der Waals surface area (Å²) in [4.78, 5) is 7.82. The molecular weight excluding hydrogens is 565 g/mol. The molecule has 0 bridgehead atoms. The highest BCUT2D eigenvalue weighted by molar-refractivity contribution is 7.30. The Morgan fingerprint density at radius 3 is 2.07 bits per heavy atom. The van der Waals surface area contributed by atoms with Crippen LogP contribution in [0.15, 0.2) is 75.1 Å². The van der Waals surface area contributed by atoms with Gasteiger partial charge in [-0.2, -0.15) is 0 Å². The van der Waals surface area contributed by atoms with Crippen molar-refractivity contribution in [1.29, 1.82) is 0 Å². The van der Waals surface area contributed by atoms with E-state index in [1.165, 1.54) is 33.9 Å². The molecule has 0 saturated carbocycles. The van der Waals surface area contributed by atoms with Gasteiger partial charge >= 0.3 is 0 Å². The van der Waals surface area contributed by atoms with Gasteiger partial charge in [-0.1, -0.05) is 62.5 Å². The van der Waals surface area contributed by atoms with E-state index in [1.54, 1.807) is 0 Å². The smallest absolute Gasteiger partial charge is 0.231 e. The molecule has 0 unspecified atom stereocenters. The number of thiophene rings is 1. The van der Waals surface area contributed by atoms with Crippen LogP contribution < -0.4 is 4.90 Å². The molecule has 4 aromatic rings. The molecule has 0 saturated heterocycles. The number of rotatable bonds is 13. The van der Waals surface area contributed by atoms with Crippen LogP contribution in [0.1, 0.15) is 47.1 Å². The van der Waals surface area contributed by atoms with E-state index in [4.69, 9.17) is 4.43 Å². The highest BCUT2D eigenvalue weighted by Gasteiger charge is 2.43. The van der Waals surface area contributed by atoms with Crippen molar-refractivity contribution in [1.82, 2.24) is 4.98 Å². The normalized spacial score (nSPS) is 12.9. The number of azo groups is 2. The first-order valence-corrected chi connectivity index (χ1v) is 18.9. The summed E-state index contributed by atoms with van der Waals surface area (Å²) in [5.41, 5.74) is 4.08. The van der Waals surface area contributed by atoms with Crippen LogP contribution in [0.3, 0.4) is 0 Å². The molecule has 2 aromatic heterocycles. The molecule has 0 aliphatic heterocycles. The van der Waals surface area contributed by atoms with E-state index in [9.17, 15) is 0 Å². The molecule has 0 N–H and O–H groups in total. The molecule has 0 aliphatic rings. The van der Waals surface area contributed by atoms with Crippen LogP contribution in [-0.4, -0.2) is 33.0 Å². The quantitative estimate of drug-likeness (QED) is 0.112. The minimum Gasteiger partial charge on any atom is -0.416 e. The summed E-state index contributed by atoms with van der Waals surface area (Å²) in [7, 11) is -1.80. The SMILES string of the molecule is CCN(CC)c1ccc(N=Nc2nc3sc(N=Nc4ccc(CCO[Si](C)(C)C(C)(C)C(C)C)cc4)cc3s2)cc1. The predicted molar refractivity (Wildman–Crippen MR) is 178 cm³/mol. The molecule has 0 aliphatic carbocycles. The van der Waals surface area contributed by atoms with E-state index in [0.717, 1.165) is 52.0 Å². The third-order valence-corrected chi connectivity index (χ3v) is 14.9. The zero-order valence-electron chi connectivity index (χ0n) is 25.5. The summed E-state index contributed by atoms with van der Waals surface area (Å²) in [5.74, 6) is 0.600. The van der Waals surface area contributed by atoms with Gasteiger partial charge in [-0.15, -0.1) is 20.5 Å². The summed E-state index contributed by atoms with van der Waals surface area (Å²) in [5, 5.41) is 19.3. The average Bonchev–Trinajstić information content (AvgIpc) is 3.51. The number of benzene rings is 2. The second-order valence-corrected chi connectivity index (χ2v) is 18.1. The van der Waals surface area contributed by atoms with Gasteiger partial charge in [0.15, 0.2) is 8.32 Å². The first-order chi connectivity index (χ1) is 19.5. The van der Waals surface area contributed by atoms with Gasteiger partial charge in [0.05, 0.1) is 16.1 Å². The minimum absolute atomic E-state index is 0.229. The van der Waals surface area contributed by atoms with Crippen molar-refractivity contribution in [2.45, 2.75) is 66.1 Å². The van der Waals surface area contributed by atoms with E-state index in [0.29, 0.717) is 11.0 Å². The van der Waals surface area contributed by atoms with Crippen LogP contribution in [0.2, 0.25) is 18.1 Å². The van der Waals surface area contributed by atoms with Crippen molar-refractivity contribution in [3.8, 4) is 0 Å². The molecule has 0 radical (unpaired) electrons. The van der Waals surface area contributed by atoms with Crippen LogP contribution >= 0.6 is 22.7 Å². The molecule has 0 spiro atoms. The van der Waals surface area contributed by atoms with Gasteiger partial charge in [0.2, 0.25) is 5.13 Å². The Bertz CT molecular complexity index is 1440.